The molecule has 1 rings (SSSR count). The second kappa shape index (κ2) is 4.96. The van der Waals surface area contributed by atoms with E-state index in [2.05, 4.69) is 4.72 Å². The van der Waals surface area contributed by atoms with Gasteiger partial charge in [-0.05, 0) is 19.1 Å². The normalized spacial score (nSPS) is 14.9. The van der Waals surface area contributed by atoms with Gasteiger partial charge in [-0.2, -0.15) is 0 Å². The quantitative estimate of drug-likeness (QED) is 0.577. The van der Waals surface area contributed by atoms with Gasteiger partial charge in [0.25, 0.3) is 0 Å². The number of benzene rings is 1. The molecule has 0 amide bonds. The van der Waals surface area contributed by atoms with E-state index >= 15 is 0 Å². The first-order chi connectivity index (χ1) is 6.18. The average molecular weight is 200 g/mol. The minimum Gasteiger partial charge on any atom is -0.760 e. The highest BCUT2D eigenvalue weighted by atomic mass is 32.2. The second-order valence-corrected chi connectivity index (χ2v) is 3.13. The molecule has 0 radical (unpaired) electrons. The van der Waals surface area contributed by atoms with Crippen molar-refractivity contribution >= 4 is 11.3 Å². The molecule has 4 nitrogen and oxygen atoms in total. The molecule has 0 saturated heterocycles. The molecule has 1 aromatic rings. The lowest BCUT2D eigenvalue weighted by molar-refractivity contribution is 0.209. The van der Waals surface area contributed by atoms with E-state index in [1.54, 1.807) is 19.1 Å². The molecule has 2 unspecified atom stereocenters. The monoisotopic (exact) mass is 200 g/mol. The van der Waals surface area contributed by atoms with Crippen molar-refractivity contribution in [2.24, 2.45) is 0 Å². The minimum atomic E-state index is -2.29. The lowest BCUT2D eigenvalue weighted by Gasteiger charge is -2.17. The molecule has 2 atom stereocenters. The predicted octanol–water partition coefficient (Wildman–Crippen LogP) is 0.795. The Labute approximate surface area is 79.3 Å². The van der Waals surface area contributed by atoms with E-state index in [1.807, 2.05) is 18.2 Å². The molecular formula is C8H10NO3S-. The third kappa shape index (κ3) is 4.02. The molecule has 0 bridgehead atoms. The number of para-hydroxylation sites is 1. The Kier molecular flexibility index (Phi) is 3.88. The highest BCUT2D eigenvalue weighted by molar-refractivity contribution is 7.77. The Morgan fingerprint density at radius 3 is 2.62 bits per heavy atom. The molecule has 1 aromatic carbocycles. The SMILES string of the molecule is CC(NS(=O)[O-])Oc1ccccc1. The Bertz CT molecular complexity index is 278. The topological polar surface area (TPSA) is 61.4 Å². The van der Waals surface area contributed by atoms with Crippen molar-refractivity contribution in [3.63, 3.8) is 0 Å². The van der Waals surface area contributed by atoms with Gasteiger partial charge in [-0.15, -0.1) is 0 Å². The maximum absolute atomic E-state index is 10.2. The molecule has 0 aliphatic carbocycles. The smallest absolute Gasteiger partial charge is 0.157 e. The summed E-state index contributed by atoms with van der Waals surface area (Å²) in [5.41, 5.74) is 0. The summed E-state index contributed by atoms with van der Waals surface area (Å²) < 4.78 is 27.8. The van der Waals surface area contributed by atoms with E-state index < -0.39 is 17.5 Å². The molecule has 13 heavy (non-hydrogen) atoms. The van der Waals surface area contributed by atoms with Gasteiger partial charge in [-0.3, -0.25) is 4.21 Å². The Morgan fingerprint density at radius 2 is 2.08 bits per heavy atom. The third-order valence-electron chi connectivity index (χ3n) is 1.32. The van der Waals surface area contributed by atoms with Gasteiger partial charge in [0.05, 0.1) is 0 Å². The van der Waals surface area contributed by atoms with Gasteiger partial charge in [0.15, 0.2) is 6.23 Å². The maximum Gasteiger partial charge on any atom is 0.157 e. The van der Waals surface area contributed by atoms with Gasteiger partial charge < -0.3 is 9.29 Å². The van der Waals surface area contributed by atoms with Crippen LogP contribution in [0.15, 0.2) is 30.3 Å². The van der Waals surface area contributed by atoms with Crippen LogP contribution in [-0.4, -0.2) is 15.0 Å². The lowest BCUT2D eigenvalue weighted by atomic mass is 10.3. The van der Waals surface area contributed by atoms with Crippen LogP contribution in [0.1, 0.15) is 6.92 Å². The lowest BCUT2D eigenvalue weighted by Crippen LogP contribution is -2.32. The van der Waals surface area contributed by atoms with Gasteiger partial charge >= 0.3 is 0 Å². The summed E-state index contributed by atoms with van der Waals surface area (Å²) in [4.78, 5) is 0. The number of rotatable bonds is 4. The molecule has 1 N–H and O–H groups in total. The van der Waals surface area contributed by atoms with E-state index in [9.17, 15) is 8.76 Å². The van der Waals surface area contributed by atoms with Crippen molar-refractivity contribution in [2.45, 2.75) is 13.2 Å². The molecular weight excluding hydrogens is 190 g/mol. The van der Waals surface area contributed by atoms with Crippen LogP contribution in [0.5, 0.6) is 5.75 Å². The summed E-state index contributed by atoms with van der Waals surface area (Å²) in [5, 5.41) is 0. The number of hydrogen-bond donors (Lipinski definition) is 1. The summed E-state index contributed by atoms with van der Waals surface area (Å²) in [6.45, 7) is 1.61. The van der Waals surface area contributed by atoms with Crippen LogP contribution < -0.4 is 9.46 Å². The zero-order valence-electron chi connectivity index (χ0n) is 7.10. The van der Waals surface area contributed by atoms with Crippen molar-refractivity contribution < 1.29 is 13.5 Å². The Hall–Kier alpha value is -0.910. The van der Waals surface area contributed by atoms with Crippen LogP contribution in [0.4, 0.5) is 0 Å². The average Bonchev–Trinajstić information content (AvgIpc) is 2.04. The molecule has 0 spiro atoms. The summed E-state index contributed by atoms with van der Waals surface area (Å²) in [7, 11) is 0. The maximum atomic E-state index is 10.2. The molecule has 0 aromatic heterocycles. The van der Waals surface area contributed by atoms with Crippen molar-refractivity contribution in [1.29, 1.82) is 0 Å². The zero-order chi connectivity index (χ0) is 9.68. The first-order valence-corrected chi connectivity index (χ1v) is 4.83. The number of hydrogen-bond acceptors (Lipinski definition) is 3. The standard InChI is InChI=1S/C8H11NO3S/c1-7(9-13(10)11)12-8-5-3-2-4-6-8/h2-7,9H,1H3,(H,10,11)/p-1. The van der Waals surface area contributed by atoms with Crippen LogP contribution in [0, 0.1) is 0 Å². The van der Waals surface area contributed by atoms with Crippen LogP contribution in [0.2, 0.25) is 0 Å². The van der Waals surface area contributed by atoms with Crippen molar-refractivity contribution in [3.8, 4) is 5.75 Å². The summed E-state index contributed by atoms with van der Waals surface area (Å²) in [6.07, 6.45) is -0.555. The second-order valence-electron chi connectivity index (χ2n) is 2.43. The first kappa shape index (κ1) is 10.2. The van der Waals surface area contributed by atoms with E-state index in [4.69, 9.17) is 4.74 Å². The van der Waals surface area contributed by atoms with Crippen LogP contribution in [0.25, 0.3) is 0 Å². The van der Waals surface area contributed by atoms with E-state index in [0.29, 0.717) is 5.75 Å². The summed E-state index contributed by atoms with van der Waals surface area (Å²) >= 11 is -2.29. The Balaban J connectivity index is 2.45. The fourth-order valence-corrected chi connectivity index (χ4v) is 1.18. The van der Waals surface area contributed by atoms with Gasteiger partial charge in [-0.1, -0.05) is 18.2 Å². The fourth-order valence-electron chi connectivity index (χ4n) is 0.863. The van der Waals surface area contributed by atoms with Gasteiger partial charge in [0.2, 0.25) is 0 Å². The fraction of sp³-hybridized carbons (Fsp3) is 0.250. The van der Waals surface area contributed by atoms with Crippen molar-refractivity contribution in [2.75, 3.05) is 0 Å². The molecule has 5 heteroatoms. The number of ether oxygens (including phenoxy) is 1. The molecule has 0 aliphatic heterocycles. The van der Waals surface area contributed by atoms with Gasteiger partial charge in [0.1, 0.15) is 5.75 Å². The highest BCUT2D eigenvalue weighted by Gasteiger charge is 2.00. The highest BCUT2D eigenvalue weighted by Crippen LogP contribution is 2.09. The van der Waals surface area contributed by atoms with E-state index in [0.717, 1.165) is 0 Å². The molecule has 0 heterocycles. The molecule has 0 fully saturated rings. The van der Waals surface area contributed by atoms with Gasteiger partial charge in [0, 0.05) is 11.3 Å². The largest absolute Gasteiger partial charge is 0.760 e. The van der Waals surface area contributed by atoms with E-state index in [-0.39, 0.29) is 0 Å². The molecule has 0 saturated carbocycles. The molecule has 0 aliphatic rings. The van der Waals surface area contributed by atoms with E-state index in [1.165, 1.54) is 0 Å². The van der Waals surface area contributed by atoms with Gasteiger partial charge in [-0.25, -0.2) is 4.72 Å². The van der Waals surface area contributed by atoms with Crippen molar-refractivity contribution in [3.05, 3.63) is 30.3 Å². The van der Waals surface area contributed by atoms with Crippen LogP contribution >= 0.6 is 0 Å². The minimum absolute atomic E-state index is 0.555. The Morgan fingerprint density at radius 1 is 1.46 bits per heavy atom. The predicted molar refractivity (Wildman–Crippen MR) is 48.6 cm³/mol. The van der Waals surface area contributed by atoms with Crippen molar-refractivity contribution in [1.82, 2.24) is 4.72 Å². The summed E-state index contributed by atoms with van der Waals surface area (Å²) in [6, 6.07) is 9.00. The van der Waals surface area contributed by atoms with Crippen LogP contribution in [-0.2, 0) is 11.3 Å². The zero-order valence-corrected chi connectivity index (χ0v) is 7.91. The molecule has 72 valence electrons. The summed E-state index contributed by atoms with van der Waals surface area (Å²) in [5.74, 6) is 0.632. The number of nitrogens with one attached hydrogen (secondary N) is 1. The first-order valence-electron chi connectivity index (χ1n) is 3.75. The van der Waals surface area contributed by atoms with Crippen LogP contribution in [0.3, 0.4) is 0 Å². The third-order valence-corrected chi connectivity index (χ3v) is 1.84.